The van der Waals surface area contributed by atoms with Crippen molar-refractivity contribution < 1.29 is 27.8 Å². The number of hydrogen-bond donors (Lipinski definition) is 1. The number of nitrogens with one attached hydrogen (secondary N) is 1. The number of hydrogen-bond acceptors (Lipinski definition) is 4. The molecule has 1 atom stereocenters. The Hall–Kier alpha value is -2.96. The highest BCUT2D eigenvalue weighted by molar-refractivity contribution is 5.91. The Morgan fingerprint density at radius 1 is 1.08 bits per heavy atom. The second kappa shape index (κ2) is 8.77. The Morgan fingerprint density at radius 3 is 2.48 bits per heavy atom. The molecule has 0 aliphatic rings. The van der Waals surface area contributed by atoms with Gasteiger partial charge in [0.25, 0.3) is 5.91 Å². The molecular formula is C18H17F2NO4. The minimum atomic E-state index is -2.99. The van der Waals surface area contributed by atoms with Gasteiger partial charge in [0.05, 0.1) is 11.6 Å². The highest BCUT2D eigenvalue weighted by atomic mass is 19.3. The molecule has 1 N–H and O–H groups in total. The van der Waals surface area contributed by atoms with Crippen LogP contribution < -0.4 is 10.1 Å². The summed E-state index contributed by atoms with van der Waals surface area (Å²) in [5, 5.41) is 2.70. The first kappa shape index (κ1) is 18.4. The average molecular weight is 349 g/mol. The molecule has 0 aliphatic heterocycles. The summed E-state index contributed by atoms with van der Waals surface area (Å²) >= 11 is 0. The Labute approximate surface area is 143 Å². The first-order valence-corrected chi connectivity index (χ1v) is 7.52. The van der Waals surface area contributed by atoms with Crippen LogP contribution in [0.5, 0.6) is 5.75 Å². The maximum atomic E-state index is 12.2. The summed E-state index contributed by atoms with van der Waals surface area (Å²) in [5.74, 6) is -1.43. The molecule has 2 rings (SSSR count). The lowest BCUT2D eigenvalue weighted by Gasteiger charge is -2.14. The third-order valence-corrected chi connectivity index (χ3v) is 3.31. The number of ether oxygens (including phenoxy) is 2. The van der Waals surface area contributed by atoms with Crippen molar-refractivity contribution in [3.8, 4) is 5.75 Å². The normalized spacial score (nSPS) is 11.7. The fraction of sp³-hybridized carbons (Fsp3) is 0.222. The van der Waals surface area contributed by atoms with Gasteiger partial charge in [0.15, 0.2) is 6.61 Å². The van der Waals surface area contributed by atoms with Crippen LogP contribution in [0, 0.1) is 0 Å². The molecule has 0 bridgehead atoms. The molecule has 0 fully saturated rings. The van der Waals surface area contributed by atoms with E-state index in [0.29, 0.717) is 0 Å². The number of alkyl halides is 2. The van der Waals surface area contributed by atoms with Crippen molar-refractivity contribution in [2.75, 3.05) is 6.61 Å². The van der Waals surface area contributed by atoms with Gasteiger partial charge in [-0.2, -0.15) is 8.78 Å². The second-order valence-corrected chi connectivity index (χ2v) is 5.18. The van der Waals surface area contributed by atoms with Crippen LogP contribution in [0.3, 0.4) is 0 Å². The zero-order valence-corrected chi connectivity index (χ0v) is 13.4. The lowest BCUT2D eigenvalue weighted by molar-refractivity contribution is -0.124. The smallest absolute Gasteiger partial charge is 0.387 e. The van der Waals surface area contributed by atoms with Crippen LogP contribution in [0.15, 0.2) is 54.6 Å². The standard InChI is InChI=1S/C18H17F2NO4/c1-12(13-6-3-2-4-7-13)21-16(22)11-24-17(23)14-8-5-9-15(10-14)25-18(19)20/h2-10,12,18H,11H2,1H3,(H,21,22)/t12-/m1/s1. The number of amides is 1. The lowest BCUT2D eigenvalue weighted by Crippen LogP contribution is -2.31. The van der Waals surface area contributed by atoms with Gasteiger partial charge >= 0.3 is 12.6 Å². The summed E-state index contributed by atoms with van der Waals surface area (Å²) in [7, 11) is 0. The summed E-state index contributed by atoms with van der Waals surface area (Å²) < 4.78 is 33.5. The fourth-order valence-corrected chi connectivity index (χ4v) is 2.12. The molecule has 0 aliphatic carbocycles. The SMILES string of the molecule is C[C@@H](NC(=O)COC(=O)c1cccc(OC(F)F)c1)c1ccccc1. The maximum absolute atomic E-state index is 12.2. The summed E-state index contributed by atoms with van der Waals surface area (Å²) in [4.78, 5) is 23.8. The predicted octanol–water partition coefficient (Wildman–Crippen LogP) is 3.32. The number of benzene rings is 2. The molecule has 0 unspecified atom stereocenters. The first-order chi connectivity index (χ1) is 12.0. The summed E-state index contributed by atoms with van der Waals surface area (Å²) in [6.45, 7) is -1.66. The van der Waals surface area contributed by atoms with Crippen molar-refractivity contribution in [2.24, 2.45) is 0 Å². The number of carbonyl (C=O) groups excluding carboxylic acids is 2. The van der Waals surface area contributed by atoms with Crippen molar-refractivity contribution in [3.05, 3.63) is 65.7 Å². The molecule has 0 radical (unpaired) electrons. The molecule has 25 heavy (non-hydrogen) atoms. The minimum Gasteiger partial charge on any atom is -0.452 e. The zero-order valence-electron chi connectivity index (χ0n) is 13.4. The maximum Gasteiger partial charge on any atom is 0.387 e. The van der Waals surface area contributed by atoms with E-state index >= 15 is 0 Å². The third-order valence-electron chi connectivity index (χ3n) is 3.31. The Balaban J connectivity index is 1.86. The molecule has 2 aromatic carbocycles. The van der Waals surface area contributed by atoms with Crippen LogP contribution >= 0.6 is 0 Å². The molecule has 2 aromatic rings. The van der Waals surface area contributed by atoms with Gasteiger partial charge in [0.2, 0.25) is 0 Å². The van der Waals surface area contributed by atoms with Crippen molar-refractivity contribution >= 4 is 11.9 Å². The highest BCUT2D eigenvalue weighted by Crippen LogP contribution is 2.16. The van der Waals surface area contributed by atoms with Gasteiger partial charge in [0.1, 0.15) is 5.75 Å². The Bertz CT molecular complexity index is 722. The quantitative estimate of drug-likeness (QED) is 0.779. The fourth-order valence-electron chi connectivity index (χ4n) is 2.12. The third kappa shape index (κ3) is 5.87. The molecular weight excluding hydrogens is 332 g/mol. The van der Waals surface area contributed by atoms with E-state index in [2.05, 4.69) is 10.1 Å². The molecule has 0 saturated carbocycles. The van der Waals surface area contributed by atoms with Gasteiger partial charge in [0, 0.05) is 0 Å². The van der Waals surface area contributed by atoms with Crippen molar-refractivity contribution in [3.63, 3.8) is 0 Å². The van der Waals surface area contributed by atoms with E-state index < -0.39 is 25.1 Å². The van der Waals surface area contributed by atoms with Crippen LogP contribution in [-0.2, 0) is 9.53 Å². The second-order valence-electron chi connectivity index (χ2n) is 5.18. The van der Waals surface area contributed by atoms with E-state index in [9.17, 15) is 18.4 Å². The molecule has 5 nitrogen and oxygen atoms in total. The van der Waals surface area contributed by atoms with Crippen molar-refractivity contribution in [1.82, 2.24) is 5.32 Å². The highest BCUT2D eigenvalue weighted by Gasteiger charge is 2.14. The van der Waals surface area contributed by atoms with E-state index in [1.165, 1.54) is 18.2 Å². The topological polar surface area (TPSA) is 64.6 Å². The van der Waals surface area contributed by atoms with Crippen LogP contribution in [0.1, 0.15) is 28.9 Å². The van der Waals surface area contributed by atoms with Gasteiger partial charge in [-0.3, -0.25) is 4.79 Å². The summed E-state index contributed by atoms with van der Waals surface area (Å²) in [6.07, 6.45) is 0. The molecule has 1 amide bonds. The Kier molecular flexibility index (Phi) is 6.45. The van der Waals surface area contributed by atoms with E-state index in [4.69, 9.17) is 4.74 Å². The number of halogens is 2. The molecule has 0 saturated heterocycles. The van der Waals surface area contributed by atoms with Gasteiger partial charge in [-0.05, 0) is 30.7 Å². The largest absolute Gasteiger partial charge is 0.452 e. The number of esters is 1. The van der Waals surface area contributed by atoms with Gasteiger partial charge in [-0.1, -0.05) is 36.4 Å². The van der Waals surface area contributed by atoms with Gasteiger partial charge in [-0.25, -0.2) is 4.79 Å². The van der Waals surface area contributed by atoms with E-state index in [0.717, 1.165) is 11.6 Å². The van der Waals surface area contributed by atoms with Crippen LogP contribution in [0.4, 0.5) is 8.78 Å². The lowest BCUT2D eigenvalue weighted by atomic mass is 10.1. The predicted molar refractivity (Wildman–Crippen MR) is 86.4 cm³/mol. The monoisotopic (exact) mass is 349 g/mol. The van der Waals surface area contributed by atoms with Gasteiger partial charge < -0.3 is 14.8 Å². The zero-order chi connectivity index (χ0) is 18.2. The average Bonchev–Trinajstić information content (AvgIpc) is 2.60. The molecule has 0 aromatic heterocycles. The van der Waals surface area contributed by atoms with Crippen molar-refractivity contribution in [2.45, 2.75) is 19.6 Å². The van der Waals surface area contributed by atoms with Crippen LogP contribution in [0.25, 0.3) is 0 Å². The molecule has 7 heteroatoms. The summed E-state index contributed by atoms with van der Waals surface area (Å²) in [5.41, 5.74) is 0.932. The minimum absolute atomic E-state index is 0.0158. The molecule has 0 spiro atoms. The van der Waals surface area contributed by atoms with Crippen molar-refractivity contribution in [1.29, 1.82) is 0 Å². The van der Waals surface area contributed by atoms with E-state index in [-0.39, 0.29) is 17.4 Å². The number of rotatable bonds is 7. The first-order valence-electron chi connectivity index (χ1n) is 7.52. The Morgan fingerprint density at radius 2 is 1.80 bits per heavy atom. The molecule has 132 valence electrons. The molecule has 0 heterocycles. The van der Waals surface area contributed by atoms with Gasteiger partial charge in [-0.15, -0.1) is 0 Å². The number of carbonyl (C=O) groups is 2. The summed E-state index contributed by atoms with van der Waals surface area (Å²) in [6, 6.07) is 14.2. The van der Waals surface area contributed by atoms with Crippen LogP contribution in [0.2, 0.25) is 0 Å². The van der Waals surface area contributed by atoms with E-state index in [1.54, 1.807) is 6.92 Å². The van der Waals surface area contributed by atoms with E-state index in [1.807, 2.05) is 30.3 Å². The van der Waals surface area contributed by atoms with Crippen LogP contribution in [-0.4, -0.2) is 25.1 Å².